The molecule has 0 bridgehead atoms. The Morgan fingerprint density at radius 3 is 2.47 bits per heavy atom. The number of nitriles is 2. The molecule has 5 nitrogen and oxygen atoms in total. The van der Waals surface area contributed by atoms with Gasteiger partial charge in [0.25, 0.3) is 0 Å². The number of unbranched alkanes of at least 4 members (excludes halogenated alkanes) is 2. The average Bonchev–Trinajstić information content (AvgIpc) is 2.90. The molecule has 36 heavy (non-hydrogen) atoms. The number of hydrogen-bond acceptors (Lipinski definition) is 5. The predicted octanol–water partition coefficient (Wildman–Crippen LogP) is 6.39. The fourth-order valence-electron chi connectivity index (χ4n) is 5.21. The van der Waals surface area contributed by atoms with Gasteiger partial charge in [0.1, 0.15) is 18.2 Å². The van der Waals surface area contributed by atoms with Crippen LogP contribution in [0.25, 0.3) is 0 Å². The van der Waals surface area contributed by atoms with E-state index in [2.05, 4.69) is 41.0 Å². The zero-order chi connectivity index (χ0) is 25.8. The van der Waals surface area contributed by atoms with Crippen LogP contribution in [0.2, 0.25) is 0 Å². The molecule has 2 aromatic carbocycles. The van der Waals surface area contributed by atoms with E-state index in [0.717, 1.165) is 56.6 Å². The SMILES string of the molecule is CCCCCC(c1ccc(C#N)c(C)c1)N1CCC(N(CCC#N)CCOc2ccc(F)cc2)CC1. The van der Waals surface area contributed by atoms with Crippen molar-refractivity contribution in [1.29, 1.82) is 10.5 Å². The first-order valence-corrected chi connectivity index (χ1v) is 13.3. The van der Waals surface area contributed by atoms with Crippen LogP contribution in [0.4, 0.5) is 4.39 Å². The monoisotopic (exact) mass is 490 g/mol. The van der Waals surface area contributed by atoms with Crippen molar-refractivity contribution in [2.24, 2.45) is 0 Å². The third kappa shape index (κ3) is 8.05. The summed E-state index contributed by atoms with van der Waals surface area (Å²) in [7, 11) is 0. The number of nitrogens with zero attached hydrogens (tertiary/aromatic N) is 4. The molecule has 0 radical (unpaired) electrons. The highest BCUT2D eigenvalue weighted by atomic mass is 19.1. The van der Waals surface area contributed by atoms with Crippen LogP contribution in [-0.4, -0.2) is 48.6 Å². The first-order valence-electron chi connectivity index (χ1n) is 13.3. The summed E-state index contributed by atoms with van der Waals surface area (Å²) >= 11 is 0. The van der Waals surface area contributed by atoms with Gasteiger partial charge >= 0.3 is 0 Å². The molecule has 3 rings (SSSR count). The normalized spacial score (nSPS) is 15.4. The molecular weight excluding hydrogens is 451 g/mol. The molecule has 1 fully saturated rings. The summed E-state index contributed by atoms with van der Waals surface area (Å²) < 4.78 is 19.0. The molecule has 1 aliphatic heterocycles. The Hall–Kier alpha value is -2.93. The van der Waals surface area contributed by atoms with Crippen LogP contribution in [0.3, 0.4) is 0 Å². The molecule has 1 aliphatic rings. The molecule has 1 saturated heterocycles. The lowest BCUT2D eigenvalue weighted by molar-refractivity contribution is 0.0720. The van der Waals surface area contributed by atoms with E-state index in [1.807, 2.05) is 13.0 Å². The second kappa shape index (κ2) is 14.6. The predicted molar refractivity (Wildman–Crippen MR) is 141 cm³/mol. The maximum atomic E-state index is 13.1. The number of aryl methyl sites for hydroxylation is 1. The van der Waals surface area contributed by atoms with Gasteiger partial charge in [-0.3, -0.25) is 9.80 Å². The van der Waals surface area contributed by atoms with E-state index in [9.17, 15) is 14.9 Å². The van der Waals surface area contributed by atoms with Crippen LogP contribution >= 0.6 is 0 Å². The van der Waals surface area contributed by atoms with Crippen LogP contribution < -0.4 is 4.74 Å². The van der Waals surface area contributed by atoms with Crippen LogP contribution in [0.1, 0.15) is 74.6 Å². The van der Waals surface area contributed by atoms with Gasteiger partial charge in [0.05, 0.1) is 17.7 Å². The van der Waals surface area contributed by atoms with Crippen molar-refractivity contribution < 1.29 is 9.13 Å². The van der Waals surface area contributed by atoms with Crippen molar-refractivity contribution >= 4 is 0 Å². The number of likely N-dealkylation sites (tertiary alicyclic amines) is 1. The van der Waals surface area contributed by atoms with Gasteiger partial charge in [-0.25, -0.2) is 4.39 Å². The van der Waals surface area contributed by atoms with Gasteiger partial charge in [0.15, 0.2) is 0 Å². The highest BCUT2D eigenvalue weighted by molar-refractivity contribution is 5.40. The Labute approximate surface area is 216 Å². The minimum absolute atomic E-state index is 0.270. The maximum Gasteiger partial charge on any atom is 0.123 e. The van der Waals surface area contributed by atoms with E-state index in [1.54, 1.807) is 12.1 Å². The molecule has 2 aromatic rings. The Bertz CT molecular complexity index is 1020. The molecule has 0 saturated carbocycles. The zero-order valence-corrected chi connectivity index (χ0v) is 21.8. The average molecular weight is 491 g/mol. The highest BCUT2D eigenvalue weighted by Gasteiger charge is 2.29. The highest BCUT2D eigenvalue weighted by Crippen LogP contribution is 2.32. The summed E-state index contributed by atoms with van der Waals surface area (Å²) in [5.41, 5.74) is 3.12. The summed E-state index contributed by atoms with van der Waals surface area (Å²) in [6.45, 7) is 8.30. The second-order valence-corrected chi connectivity index (χ2v) is 9.71. The Morgan fingerprint density at radius 2 is 1.83 bits per heavy atom. The Kier molecular flexibility index (Phi) is 11.2. The summed E-state index contributed by atoms with van der Waals surface area (Å²) in [6, 6.07) is 17.8. The minimum atomic E-state index is -0.270. The first kappa shape index (κ1) is 27.7. The number of halogens is 1. The van der Waals surface area contributed by atoms with Gasteiger partial charge in [-0.1, -0.05) is 38.3 Å². The van der Waals surface area contributed by atoms with Gasteiger partial charge in [-0.15, -0.1) is 0 Å². The Morgan fingerprint density at radius 1 is 1.08 bits per heavy atom. The van der Waals surface area contributed by atoms with Crippen LogP contribution in [0.5, 0.6) is 5.75 Å². The third-order valence-corrected chi connectivity index (χ3v) is 7.26. The van der Waals surface area contributed by atoms with Crippen molar-refractivity contribution in [1.82, 2.24) is 9.80 Å². The topological polar surface area (TPSA) is 63.3 Å². The van der Waals surface area contributed by atoms with Crippen molar-refractivity contribution in [2.75, 3.05) is 32.8 Å². The molecule has 6 heteroatoms. The smallest absolute Gasteiger partial charge is 0.123 e. The molecule has 0 amide bonds. The van der Waals surface area contributed by atoms with E-state index in [-0.39, 0.29) is 5.82 Å². The quantitative estimate of drug-likeness (QED) is 0.305. The van der Waals surface area contributed by atoms with Gasteiger partial charge in [0.2, 0.25) is 0 Å². The fourth-order valence-corrected chi connectivity index (χ4v) is 5.21. The van der Waals surface area contributed by atoms with E-state index >= 15 is 0 Å². The third-order valence-electron chi connectivity index (χ3n) is 7.26. The van der Waals surface area contributed by atoms with Crippen molar-refractivity contribution in [3.63, 3.8) is 0 Å². The second-order valence-electron chi connectivity index (χ2n) is 9.71. The molecule has 0 N–H and O–H groups in total. The largest absolute Gasteiger partial charge is 0.492 e. The minimum Gasteiger partial charge on any atom is -0.492 e. The van der Waals surface area contributed by atoms with Crippen molar-refractivity contribution in [2.45, 2.75) is 70.9 Å². The molecule has 192 valence electrons. The fraction of sp³-hybridized carbons (Fsp3) is 0.533. The zero-order valence-electron chi connectivity index (χ0n) is 21.8. The number of rotatable bonds is 13. The lowest BCUT2D eigenvalue weighted by Gasteiger charge is -2.42. The standard InChI is InChI=1S/C30H39FN4O/c1-3-4-5-7-30(25-8-9-26(23-33)24(2)22-25)35-18-14-28(15-19-35)34(17-6-16-32)20-21-36-29-12-10-27(31)11-13-29/h8-13,22,28,30H,3-7,14-15,17-21H2,1-2H3. The molecule has 0 aliphatic carbocycles. The number of hydrogen-bond donors (Lipinski definition) is 0. The van der Waals surface area contributed by atoms with Gasteiger partial charge < -0.3 is 4.74 Å². The number of ether oxygens (including phenoxy) is 1. The summed E-state index contributed by atoms with van der Waals surface area (Å²) in [4.78, 5) is 5.01. The van der Waals surface area contributed by atoms with Gasteiger partial charge in [-0.2, -0.15) is 10.5 Å². The van der Waals surface area contributed by atoms with Crippen LogP contribution in [-0.2, 0) is 0 Å². The number of piperidine rings is 1. The summed E-state index contributed by atoms with van der Waals surface area (Å²) in [6.07, 6.45) is 7.39. The number of benzene rings is 2. The Balaban J connectivity index is 1.61. The lowest BCUT2D eigenvalue weighted by Crippen LogP contribution is -2.47. The van der Waals surface area contributed by atoms with E-state index in [4.69, 9.17) is 4.74 Å². The van der Waals surface area contributed by atoms with E-state index in [0.29, 0.717) is 30.9 Å². The van der Waals surface area contributed by atoms with Gasteiger partial charge in [-0.05, 0) is 67.6 Å². The van der Waals surface area contributed by atoms with Crippen molar-refractivity contribution in [3.8, 4) is 17.9 Å². The lowest BCUT2D eigenvalue weighted by atomic mass is 9.93. The summed E-state index contributed by atoms with van der Waals surface area (Å²) in [5, 5.41) is 18.5. The molecule has 0 spiro atoms. The molecule has 0 aromatic heterocycles. The molecular formula is C30H39FN4O. The van der Waals surface area contributed by atoms with Crippen LogP contribution in [0.15, 0.2) is 42.5 Å². The van der Waals surface area contributed by atoms with E-state index in [1.165, 1.54) is 37.0 Å². The maximum absolute atomic E-state index is 13.1. The first-order chi connectivity index (χ1) is 17.5. The van der Waals surface area contributed by atoms with Gasteiger partial charge in [0, 0.05) is 44.7 Å². The van der Waals surface area contributed by atoms with Crippen LogP contribution in [0, 0.1) is 35.4 Å². The van der Waals surface area contributed by atoms with E-state index < -0.39 is 0 Å². The molecule has 1 atom stereocenters. The van der Waals surface area contributed by atoms with Crippen molar-refractivity contribution in [3.05, 3.63) is 65.0 Å². The molecule has 1 heterocycles. The molecule has 1 unspecified atom stereocenters. The summed E-state index contributed by atoms with van der Waals surface area (Å²) in [5.74, 6) is 0.396.